The van der Waals surface area contributed by atoms with E-state index >= 15 is 0 Å². The first kappa shape index (κ1) is 10.6. The second-order valence-corrected chi connectivity index (χ2v) is 3.57. The van der Waals surface area contributed by atoms with Crippen LogP contribution in [-0.4, -0.2) is 6.54 Å². The minimum atomic E-state index is 0.808. The number of para-hydroxylation sites is 2. The molecule has 0 heterocycles. The fourth-order valence-corrected chi connectivity index (χ4v) is 1.27. The Kier molecular flexibility index (Phi) is 4.05. The third kappa shape index (κ3) is 3.52. The van der Waals surface area contributed by atoms with E-state index in [1.807, 2.05) is 24.3 Å². The smallest absolute Gasteiger partial charge is 0.0573 e. The molecule has 0 aliphatic rings. The molecule has 2 heteroatoms. The average Bonchev–Trinajstić information content (AvgIpc) is 2.15. The van der Waals surface area contributed by atoms with Gasteiger partial charge in [-0.05, 0) is 31.9 Å². The van der Waals surface area contributed by atoms with Crippen LogP contribution in [0.25, 0.3) is 0 Å². The van der Waals surface area contributed by atoms with Crippen molar-refractivity contribution < 1.29 is 0 Å². The van der Waals surface area contributed by atoms with Crippen LogP contribution in [0.1, 0.15) is 19.8 Å². The molecular weight excluding hydrogens is 172 g/mol. The lowest BCUT2D eigenvalue weighted by Gasteiger charge is -2.08. The van der Waals surface area contributed by atoms with E-state index in [0.717, 1.165) is 30.8 Å². The Morgan fingerprint density at radius 3 is 2.79 bits per heavy atom. The van der Waals surface area contributed by atoms with Crippen molar-refractivity contribution in [2.45, 2.75) is 19.8 Å². The highest BCUT2D eigenvalue weighted by atomic mass is 14.9. The number of benzene rings is 1. The molecule has 0 aliphatic carbocycles. The lowest BCUT2D eigenvalue weighted by molar-refractivity contribution is 0.855. The van der Waals surface area contributed by atoms with Gasteiger partial charge in [-0.25, -0.2) is 0 Å². The number of nitrogens with two attached hydrogens (primary N) is 1. The standard InChI is InChI=1S/C12H18N2/c1-10(2)6-5-9-14-12-8-4-3-7-11(12)13/h3-4,7-8,14H,1,5-6,9,13H2,2H3. The summed E-state index contributed by atoms with van der Waals surface area (Å²) in [5.74, 6) is 0. The maximum atomic E-state index is 5.78. The molecule has 2 nitrogen and oxygen atoms in total. The summed E-state index contributed by atoms with van der Waals surface area (Å²) in [4.78, 5) is 0. The van der Waals surface area contributed by atoms with E-state index in [2.05, 4.69) is 18.8 Å². The van der Waals surface area contributed by atoms with Crippen molar-refractivity contribution >= 4 is 11.4 Å². The van der Waals surface area contributed by atoms with Crippen molar-refractivity contribution in [1.29, 1.82) is 0 Å². The van der Waals surface area contributed by atoms with Crippen LogP contribution in [0.2, 0.25) is 0 Å². The predicted molar refractivity (Wildman–Crippen MR) is 63.4 cm³/mol. The van der Waals surface area contributed by atoms with E-state index in [-0.39, 0.29) is 0 Å². The number of nitrogen functional groups attached to an aromatic ring is 1. The number of hydrogen-bond donors (Lipinski definition) is 2. The van der Waals surface area contributed by atoms with Crippen molar-refractivity contribution in [3.05, 3.63) is 36.4 Å². The Hall–Kier alpha value is -1.44. The first-order valence-corrected chi connectivity index (χ1v) is 4.93. The molecule has 14 heavy (non-hydrogen) atoms. The number of hydrogen-bond acceptors (Lipinski definition) is 2. The summed E-state index contributed by atoms with van der Waals surface area (Å²) in [5.41, 5.74) is 8.84. The molecule has 0 atom stereocenters. The highest BCUT2D eigenvalue weighted by Crippen LogP contribution is 2.16. The normalized spacial score (nSPS) is 9.79. The highest BCUT2D eigenvalue weighted by molar-refractivity contribution is 5.65. The third-order valence-corrected chi connectivity index (χ3v) is 2.06. The minimum absolute atomic E-state index is 0.808. The second-order valence-electron chi connectivity index (χ2n) is 3.57. The maximum absolute atomic E-state index is 5.78. The van der Waals surface area contributed by atoms with Gasteiger partial charge in [-0.2, -0.15) is 0 Å². The average molecular weight is 190 g/mol. The van der Waals surface area contributed by atoms with Crippen LogP contribution >= 0.6 is 0 Å². The van der Waals surface area contributed by atoms with Crippen molar-refractivity contribution in [1.82, 2.24) is 0 Å². The molecule has 0 amide bonds. The predicted octanol–water partition coefficient (Wildman–Crippen LogP) is 3.04. The van der Waals surface area contributed by atoms with E-state index in [9.17, 15) is 0 Å². The van der Waals surface area contributed by atoms with Gasteiger partial charge in [0, 0.05) is 6.54 Å². The van der Waals surface area contributed by atoms with Gasteiger partial charge in [0.05, 0.1) is 11.4 Å². The third-order valence-electron chi connectivity index (χ3n) is 2.06. The Labute approximate surface area is 85.8 Å². The summed E-state index contributed by atoms with van der Waals surface area (Å²) < 4.78 is 0. The summed E-state index contributed by atoms with van der Waals surface area (Å²) in [7, 11) is 0. The van der Waals surface area contributed by atoms with Gasteiger partial charge in [-0.3, -0.25) is 0 Å². The van der Waals surface area contributed by atoms with Gasteiger partial charge in [0.15, 0.2) is 0 Å². The largest absolute Gasteiger partial charge is 0.397 e. The van der Waals surface area contributed by atoms with E-state index in [1.165, 1.54) is 5.57 Å². The topological polar surface area (TPSA) is 38.0 Å². The van der Waals surface area contributed by atoms with Gasteiger partial charge in [0.1, 0.15) is 0 Å². The molecule has 3 N–H and O–H groups in total. The summed E-state index contributed by atoms with van der Waals surface area (Å²) >= 11 is 0. The zero-order valence-electron chi connectivity index (χ0n) is 8.72. The molecule has 0 saturated heterocycles. The minimum Gasteiger partial charge on any atom is -0.397 e. The van der Waals surface area contributed by atoms with Crippen LogP contribution in [0.5, 0.6) is 0 Å². The molecule has 0 aliphatic heterocycles. The molecular formula is C12H18N2. The van der Waals surface area contributed by atoms with E-state index < -0.39 is 0 Å². The fourth-order valence-electron chi connectivity index (χ4n) is 1.27. The van der Waals surface area contributed by atoms with Gasteiger partial charge in [-0.15, -0.1) is 6.58 Å². The van der Waals surface area contributed by atoms with Gasteiger partial charge in [0.2, 0.25) is 0 Å². The Morgan fingerprint density at radius 1 is 1.43 bits per heavy atom. The number of nitrogens with one attached hydrogen (secondary N) is 1. The van der Waals surface area contributed by atoms with Gasteiger partial charge in [-0.1, -0.05) is 17.7 Å². The Bertz CT molecular complexity index is 305. The van der Waals surface area contributed by atoms with Crippen molar-refractivity contribution in [3.63, 3.8) is 0 Å². The first-order chi connectivity index (χ1) is 6.70. The van der Waals surface area contributed by atoms with Crippen LogP contribution in [0.15, 0.2) is 36.4 Å². The van der Waals surface area contributed by atoms with E-state index in [4.69, 9.17) is 5.73 Å². The van der Waals surface area contributed by atoms with Crippen molar-refractivity contribution in [2.24, 2.45) is 0 Å². The molecule has 0 fully saturated rings. The summed E-state index contributed by atoms with van der Waals surface area (Å²) in [6.07, 6.45) is 2.17. The number of allylic oxidation sites excluding steroid dienone is 1. The lowest BCUT2D eigenvalue weighted by Crippen LogP contribution is -2.03. The molecule has 0 spiro atoms. The molecule has 0 aromatic heterocycles. The van der Waals surface area contributed by atoms with Crippen molar-refractivity contribution in [3.8, 4) is 0 Å². The van der Waals surface area contributed by atoms with Crippen LogP contribution in [-0.2, 0) is 0 Å². The summed E-state index contributed by atoms with van der Waals surface area (Å²) in [6.45, 7) is 6.86. The van der Waals surface area contributed by atoms with Crippen LogP contribution in [0, 0.1) is 0 Å². The number of rotatable bonds is 5. The molecule has 1 aromatic rings. The molecule has 0 radical (unpaired) electrons. The van der Waals surface area contributed by atoms with E-state index in [1.54, 1.807) is 0 Å². The van der Waals surface area contributed by atoms with Crippen LogP contribution in [0.3, 0.4) is 0 Å². The first-order valence-electron chi connectivity index (χ1n) is 4.93. The molecule has 1 aromatic carbocycles. The Morgan fingerprint density at radius 2 is 2.14 bits per heavy atom. The zero-order chi connectivity index (χ0) is 10.4. The fraction of sp³-hybridized carbons (Fsp3) is 0.333. The van der Waals surface area contributed by atoms with Crippen molar-refractivity contribution in [2.75, 3.05) is 17.6 Å². The summed E-state index contributed by atoms with van der Waals surface area (Å²) in [6, 6.07) is 7.82. The maximum Gasteiger partial charge on any atom is 0.0573 e. The SMILES string of the molecule is C=C(C)CCCNc1ccccc1N. The van der Waals surface area contributed by atoms with Crippen LogP contribution in [0.4, 0.5) is 11.4 Å². The Balaban J connectivity index is 2.31. The van der Waals surface area contributed by atoms with Crippen LogP contribution < -0.4 is 11.1 Å². The molecule has 0 saturated carbocycles. The monoisotopic (exact) mass is 190 g/mol. The zero-order valence-corrected chi connectivity index (χ0v) is 8.72. The van der Waals surface area contributed by atoms with Gasteiger partial charge < -0.3 is 11.1 Å². The number of anilines is 2. The second kappa shape index (κ2) is 5.32. The van der Waals surface area contributed by atoms with Gasteiger partial charge in [0.25, 0.3) is 0 Å². The molecule has 1 rings (SSSR count). The quantitative estimate of drug-likeness (QED) is 0.425. The molecule has 0 unspecified atom stereocenters. The summed E-state index contributed by atoms with van der Waals surface area (Å²) in [5, 5.41) is 3.30. The van der Waals surface area contributed by atoms with E-state index in [0.29, 0.717) is 0 Å². The van der Waals surface area contributed by atoms with Gasteiger partial charge >= 0.3 is 0 Å². The highest BCUT2D eigenvalue weighted by Gasteiger charge is 1.95. The molecule has 76 valence electrons. The molecule has 0 bridgehead atoms. The lowest BCUT2D eigenvalue weighted by atomic mass is 10.2.